The maximum absolute atomic E-state index is 12.6. The molecule has 0 aliphatic heterocycles. The number of carbonyl (C=O) groups is 2. The van der Waals surface area contributed by atoms with Crippen molar-refractivity contribution in [2.45, 2.75) is 32.3 Å². The van der Waals surface area contributed by atoms with Gasteiger partial charge in [-0.2, -0.15) is 0 Å². The van der Waals surface area contributed by atoms with Crippen molar-refractivity contribution in [3.63, 3.8) is 0 Å². The third-order valence-electron chi connectivity index (χ3n) is 5.53. The number of hydrogen-bond donors (Lipinski definition) is 0. The van der Waals surface area contributed by atoms with Gasteiger partial charge in [0.25, 0.3) is 0 Å². The van der Waals surface area contributed by atoms with Gasteiger partial charge >= 0.3 is 5.97 Å². The molecule has 3 aromatic carbocycles. The highest BCUT2D eigenvalue weighted by molar-refractivity contribution is 6.01. The van der Waals surface area contributed by atoms with Crippen LogP contribution in [0.5, 0.6) is 5.75 Å². The topological polar surface area (TPSA) is 52.6 Å². The second-order valence-electron chi connectivity index (χ2n) is 7.59. The summed E-state index contributed by atoms with van der Waals surface area (Å²) in [4.78, 5) is 24.9. The number of aryl methyl sites for hydroxylation is 2. The van der Waals surface area contributed by atoms with Crippen molar-refractivity contribution in [2.24, 2.45) is 0 Å². The van der Waals surface area contributed by atoms with Crippen molar-refractivity contribution in [3.05, 3.63) is 82.9 Å². The van der Waals surface area contributed by atoms with Crippen LogP contribution in [0.2, 0.25) is 0 Å². The number of fused-ring (bicyclic) bond motifs is 2. The van der Waals surface area contributed by atoms with E-state index in [2.05, 4.69) is 0 Å². The predicted octanol–water partition coefficient (Wildman–Crippen LogP) is 5.16. The van der Waals surface area contributed by atoms with Crippen LogP contribution < -0.4 is 4.74 Å². The van der Waals surface area contributed by atoms with Crippen LogP contribution in [-0.4, -0.2) is 25.0 Å². The summed E-state index contributed by atoms with van der Waals surface area (Å²) in [5, 5.41) is 2.11. The molecular formula is C26H24O4. The third-order valence-corrected chi connectivity index (χ3v) is 5.53. The molecule has 0 radical (unpaired) electrons. The molecule has 1 aliphatic rings. The van der Waals surface area contributed by atoms with Gasteiger partial charge in [-0.05, 0) is 84.0 Å². The molecule has 1 atom stereocenters. The van der Waals surface area contributed by atoms with Gasteiger partial charge in [0.1, 0.15) is 5.75 Å². The quantitative estimate of drug-likeness (QED) is 0.326. The van der Waals surface area contributed by atoms with E-state index < -0.39 is 12.1 Å². The van der Waals surface area contributed by atoms with Gasteiger partial charge in [0.05, 0.1) is 7.11 Å². The Morgan fingerprint density at radius 1 is 0.933 bits per heavy atom. The number of rotatable bonds is 6. The molecule has 0 heterocycles. The van der Waals surface area contributed by atoms with Gasteiger partial charge in [-0.25, -0.2) is 4.79 Å². The van der Waals surface area contributed by atoms with Gasteiger partial charge in [0, 0.05) is 11.6 Å². The first-order valence-corrected chi connectivity index (χ1v) is 10.2. The second kappa shape index (κ2) is 8.54. The first-order valence-electron chi connectivity index (χ1n) is 10.2. The molecule has 0 aromatic heterocycles. The van der Waals surface area contributed by atoms with E-state index in [0.717, 1.165) is 41.3 Å². The van der Waals surface area contributed by atoms with Crippen molar-refractivity contribution >= 4 is 28.6 Å². The first-order chi connectivity index (χ1) is 14.5. The maximum atomic E-state index is 12.6. The van der Waals surface area contributed by atoms with Crippen LogP contribution in [0.25, 0.3) is 16.8 Å². The minimum atomic E-state index is -0.828. The second-order valence-corrected chi connectivity index (χ2v) is 7.59. The van der Waals surface area contributed by atoms with Crippen molar-refractivity contribution < 1.29 is 19.1 Å². The van der Waals surface area contributed by atoms with E-state index in [1.54, 1.807) is 20.1 Å². The van der Waals surface area contributed by atoms with E-state index in [9.17, 15) is 9.59 Å². The lowest BCUT2D eigenvalue weighted by Crippen LogP contribution is -2.23. The van der Waals surface area contributed by atoms with Crippen molar-refractivity contribution in [3.8, 4) is 5.75 Å². The van der Waals surface area contributed by atoms with Crippen molar-refractivity contribution in [2.75, 3.05) is 7.11 Å². The summed E-state index contributed by atoms with van der Waals surface area (Å²) >= 11 is 0. The van der Waals surface area contributed by atoms with Gasteiger partial charge < -0.3 is 9.47 Å². The Balaban J connectivity index is 1.40. The molecular weight excluding hydrogens is 376 g/mol. The molecule has 4 nitrogen and oxygen atoms in total. The average Bonchev–Trinajstić information content (AvgIpc) is 3.24. The zero-order valence-electron chi connectivity index (χ0n) is 17.2. The fourth-order valence-electron chi connectivity index (χ4n) is 3.86. The fourth-order valence-corrected chi connectivity index (χ4v) is 3.86. The van der Waals surface area contributed by atoms with Crippen molar-refractivity contribution in [1.82, 2.24) is 0 Å². The predicted molar refractivity (Wildman–Crippen MR) is 118 cm³/mol. The fraction of sp³-hybridized carbons (Fsp3) is 0.231. The molecule has 0 N–H and O–H groups in total. The Bertz CT molecular complexity index is 1140. The molecule has 0 saturated heterocycles. The Hall–Kier alpha value is -3.40. The summed E-state index contributed by atoms with van der Waals surface area (Å²) < 4.78 is 10.6. The van der Waals surface area contributed by atoms with Crippen LogP contribution in [0.4, 0.5) is 0 Å². The van der Waals surface area contributed by atoms with E-state index in [4.69, 9.17) is 9.47 Å². The number of carbonyl (C=O) groups excluding carboxylic acids is 2. The molecule has 0 unspecified atom stereocenters. The average molecular weight is 400 g/mol. The molecule has 0 amide bonds. The molecule has 0 bridgehead atoms. The minimum absolute atomic E-state index is 0.175. The van der Waals surface area contributed by atoms with E-state index in [0.29, 0.717) is 5.56 Å². The highest BCUT2D eigenvalue weighted by Gasteiger charge is 2.20. The Morgan fingerprint density at radius 3 is 2.53 bits per heavy atom. The minimum Gasteiger partial charge on any atom is -0.497 e. The lowest BCUT2D eigenvalue weighted by atomic mass is 10.0. The zero-order valence-corrected chi connectivity index (χ0v) is 17.2. The Morgan fingerprint density at radius 2 is 1.70 bits per heavy atom. The van der Waals surface area contributed by atoms with Crippen LogP contribution in [0.1, 0.15) is 40.4 Å². The smallest absolute Gasteiger partial charge is 0.331 e. The highest BCUT2D eigenvalue weighted by Crippen LogP contribution is 2.24. The number of hydrogen-bond acceptors (Lipinski definition) is 4. The number of ether oxygens (including phenoxy) is 2. The maximum Gasteiger partial charge on any atom is 0.331 e. The van der Waals surface area contributed by atoms with Crippen LogP contribution in [0.3, 0.4) is 0 Å². The lowest BCUT2D eigenvalue weighted by molar-refractivity contribution is -0.140. The lowest BCUT2D eigenvalue weighted by Gasteiger charge is -2.12. The van der Waals surface area contributed by atoms with Crippen molar-refractivity contribution in [1.29, 1.82) is 0 Å². The van der Waals surface area contributed by atoms with E-state index in [-0.39, 0.29) is 5.78 Å². The number of ketones is 1. The normalized spacial score (nSPS) is 13.9. The van der Waals surface area contributed by atoms with Gasteiger partial charge in [-0.15, -0.1) is 0 Å². The molecule has 4 rings (SSSR count). The molecule has 3 aromatic rings. The number of esters is 1. The first kappa shape index (κ1) is 19.9. The van der Waals surface area contributed by atoms with Crippen LogP contribution in [0, 0.1) is 0 Å². The molecule has 0 spiro atoms. The van der Waals surface area contributed by atoms with Gasteiger partial charge in [0.15, 0.2) is 6.10 Å². The largest absolute Gasteiger partial charge is 0.497 e. The summed E-state index contributed by atoms with van der Waals surface area (Å²) in [7, 11) is 1.64. The standard InChI is InChI=1S/C26H24O4/c1-17(26(28)23-10-9-19-4-3-5-20(19)15-23)30-25(27)13-7-18-6-8-22-16-24(29-2)12-11-21(22)14-18/h6-17H,3-5H2,1-2H3/b13-7+/t17-/m0/s1. The SMILES string of the molecule is COc1ccc2cc(/C=C/C(=O)O[C@@H](C)C(=O)c3ccc4c(c3)CCC4)ccc2c1. The van der Waals surface area contributed by atoms with Crippen LogP contribution >= 0.6 is 0 Å². The molecule has 0 saturated carbocycles. The Kier molecular flexibility index (Phi) is 5.66. The summed E-state index contributed by atoms with van der Waals surface area (Å²) in [6.07, 6.45) is 5.43. The van der Waals surface area contributed by atoms with Gasteiger partial charge in [-0.3, -0.25) is 4.79 Å². The molecule has 30 heavy (non-hydrogen) atoms. The van der Waals surface area contributed by atoms with Crippen LogP contribution in [0.15, 0.2) is 60.7 Å². The third kappa shape index (κ3) is 4.28. The Labute approximate surface area is 176 Å². The molecule has 1 aliphatic carbocycles. The monoisotopic (exact) mass is 400 g/mol. The summed E-state index contributed by atoms with van der Waals surface area (Å²) in [5.74, 6) is 0.0920. The van der Waals surface area contributed by atoms with Gasteiger partial charge in [0.2, 0.25) is 5.78 Å². The number of benzene rings is 3. The van der Waals surface area contributed by atoms with Crippen LogP contribution in [-0.2, 0) is 22.4 Å². The van der Waals surface area contributed by atoms with Gasteiger partial charge in [-0.1, -0.05) is 30.3 Å². The number of Topliss-reactive ketones (excluding diaryl/α,β-unsaturated/α-hetero) is 1. The summed E-state index contributed by atoms with van der Waals surface area (Å²) in [6.45, 7) is 1.62. The van der Waals surface area contributed by atoms with E-state index >= 15 is 0 Å². The van der Waals surface area contributed by atoms with E-state index in [1.165, 1.54) is 17.2 Å². The number of methoxy groups -OCH3 is 1. The molecule has 152 valence electrons. The molecule has 0 fully saturated rings. The summed E-state index contributed by atoms with van der Waals surface area (Å²) in [5.41, 5.74) is 4.02. The molecule has 4 heteroatoms. The zero-order chi connectivity index (χ0) is 21.1. The summed E-state index contributed by atoms with van der Waals surface area (Å²) in [6, 6.07) is 17.5. The highest BCUT2D eigenvalue weighted by atomic mass is 16.5. The van der Waals surface area contributed by atoms with E-state index in [1.807, 2.05) is 54.6 Å².